The fourth-order valence-electron chi connectivity index (χ4n) is 6.39. The second-order valence-corrected chi connectivity index (χ2v) is 12.4. The Morgan fingerprint density at radius 1 is 1.21 bits per heavy atom. The maximum Gasteiger partial charge on any atom is 0.173 e. The molecule has 1 saturated heterocycles. The molecule has 2 aliphatic carbocycles. The average Bonchev–Trinajstić information content (AvgIpc) is 3.66. The zero-order valence-corrected chi connectivity index (χ0v) is 24.3. The maximum atomic E-state index is 9.39. The van der Waals surface area contributed by atoms with Crippen LogP contribution in [0.25, 0.3) is 0 Å². The van der Waals surface area contributed by atoms with Crippen molar-refractivity contribution in [2.75, 3.05) is 57.4 Å². The van der Waals surface area contributed by atoms with Gasteiger partial charge in [-0.25, -0.2) is 0 Å². The van der Waals surface area contributed by atoms with Crippen molar-refractivity contribution in [2.24, 2.45) is 5.92 Å². The Labute approximate surface area is 241 Å². The number of hydrogen-bond donors (Lipinski definition) is 2. The van der Waals surface area contributed by atoms with Crippen molar-refractivity contribution in [3.63, 3.8) is 0 Å². The quantitative estimate of drug-likeness (QED) is 0.332. The molecule has 0 bridgehead atoms. The van der Waals surface area contributed by atoms with Crippen molar-refractivity contribution >= 4 is 51.9 Å². The summed E-state index contributed by atoms with van der Waals surface area (Å²) in [6.45, 7) is 6.46. The number of piperazine rings is 1. The number of nitrogen functional groups attached to an aromatic ring is 1. The number of nitrogens with one attached hydrogen (secondary N) is 1. The number of nitriles is 1. The van der Waals surface area contributed by atoms with Crippen molar-refractivity contribution in [1.82, 2.24) is 14.7 Å². The monoisotopic (exact) mass is 570 g/mol. The van der Waals surface area contributed by atoms with Crippen LogP contribution in [-0.4, -0.2) is 72.2 Å². The van der Waals surface area contributed by atoms with Gasteiger partial charge in [0.1, 0.15) is 0 Å². The molecule has 0 aromatic heterocycles. The molecular formula is C29H36Cl2N6S. The van der Waals surface area contributed by atoms with Crippen LogP contribution in [0.5, 0.6) is 0 Å². The van der Waals surface area contributed by atoms with Crippen LogP contribution >= 0.6 is 35.4 Å². The molecule has 3 aliphatic rings. The van der Waals surface area contributed by atoms with Crippen LogP contribution in [0.4, 0.5) is 11.4 Å². The molecule has 3 N–H and O–H groups in total. The van der Waals surface area contributed by atoms with Crippen LogP contribution in [0.2, 0.25) is 10.0 Å². The fourth-order valence-corrected chi connectivity index (χ4v) is 7.08. The number of thiocarbonyl (C=S) groups is 1. The molecule has 1 heterocycles. The van der Waals surface area contributed by atoms with E-state index >= 15 is 0 Å². The lowest BCUT2D eigenvalue weighted by atomic mass is 9.80. The van der Waals surface area contributed by atoms with Gasteiger partial charge in [-0.3, -0.25) is 0 Å². The van der Waals surface area contributed by atoms with E-state index in [9.17, 15) is 5.26 Å². The fraction of sp³-hybridized carbons (Fsp3) is 0.517. The minimum Gasteiger partial charge on any atom is -0.397 e. The van der Waals surface area contributed by atoms with Gasteiger partial charge in [-0.1, -0.05) is 35.3 Å². The van der Waals surface area contributed by atoms with E-state index in [-0.39, 0.29) is 5.41 Å². The van der Waals surface area contributed by atoms with Gasteiger partial charge in [0.15, 0.2) is 5.11 Å². The summed E-state index contributed by atoms with van der Waals surface area (Å²) >= 11 is 18.4. The number of halogens is 2. The summed E-state index contributed by atoms with van der Waals surface area (Å²) < 4.78 is 0. The number of hydrogen-bond acceptors (Lipinski definition) is 5. The predicted molar refractivity (Wildman–Crippen MR) is 161 cm³/mol. The summed E-state index contributed by atoms with van der Waals surface area (Å²) in [6, 6.07) is 14.3. The van der Waals surface area contributed by atoms with Gasteiger partial charge in [-0.15, -0.1) is 0 Å². The molecule has 0 amide bonds. The van der Waals surface area contributed by atoms with Gasteiger partial charge in [0.05, 0.1) is 33.1 Å². The molecule has 2 aromatic carbocycles. The highest BCUT2D eigenvalue weighted by Crippen LogP contribution is 2.63. The first-order valence-corrected chi connectivity index (χ1v) is 14.7. The van der Waals surface area contributed by atoms with E-state index in [2.05, 4.69) is 45.3 Å². The summed E-state index contributed by atoms with van der Waals surface area (Å²) in [5.74, 6) is 0.619. The van der Waals surface area contributed by atoms with Gasteiger partial charge in [0, 0.05) is 38.8 Å². The Bertz CT molecular complexity index is 1220. The minimum absolute atomic E-state index is 0.220. The molecule has 1 aliphatic heterocycles. The Balaban J connectivity index is 1.28. The van der Waals surface area contributed by atoms with Crippen LogP contribution in [-0.2, 0) is 5.41 Å². The highest BCUT2D eigenvalue weighted by molar-refractivity contribution is 7.80. The molecule has 1 unspecified atom stereocenters. The van der Waals surface area contributed by atoms with Gasteiger partial charge >= 0.3 is 0 Å². The van der Waals surface area contributed by atoms with Crippen molar-refractivity contribution in [1.29, 1.82) is 5.26 Å². The van der Waals surface area contributed by atoms with Crippen molar-refractivity contribution < 1.29 is 0 Å². The third-order valence-corrected chi connectivity index (χ3v) is 9.84. The molecule has 2 saturated carbocycles. The van der Waals surface area contributed by atoms with E-state index in [1.165, 1.54) is 12.0 Å². The van der Waals surface area contributed by atoms with Crippen LogP contribution in [0.1, 0.15) is 43.2 Å². The largest absolute Gasteiger partial charge is 0.397 e. The number of anilines is 2. The Hall–Kier alpha value is -2.08. The molecule has 9 heteroatoms. The SMILES string of the molecule is CN1CCN(CCCN(C(=S)Nc2cc(Cl)c(Cl)cc2N)[C@@H]2CC[C@]3(c4cccc(C#N)c4)CC3C2)CC1. The topological polar surface area (TPSA) is 71.6 Å². The maximum absolute atomic E-state index is 9.39. The summed E-state index contributed by atoms with van der Waals surface area (Å²) in [4.78, 5) is 7.33. The molecule has 3 fully saturated rings. The van der Waals surface area contributed by atoms with Gasteiger partial charge < -0.3 is 25.8 Å². The molecule has 5 rings (SSSR count). The standard InChI is InChI=1S/C29H36Cl2N6S/c1-35-10-12-36(13-11-35)8-3-9-37(28(38)34-27-17-25(31)24(30)16-26(27)33)23-6-7-29(18-22(29)15-23)21-5-2-4-20(14-21)19-32/h2,4-5,14,16-17,22-23H,3,6-13,15,18,33H2,1H3,(H,34,38)/t22?,23-,29-/m1/s1. The molecule has 0 spiro atoms. The van der Waals surface area contributed by atoms with Gasteiger partial charge in [-0.2, -0.15) is 5.26 Å². The predicted octanol–water partition coefficient (Wildman–Crippen LogP) is 5.59. The second-order valence-electron chi connectivity index (χ2n) is 11.2. The smallest absolute Gasteiger partial charge is 0.173 e. The zero-order chi connectivity index (χ0) is 26.9. The van der Waals surface area contributed by atoms with Gasteiger partial charge in [-0.05, 0) is 99.1 Å². The van der Waals surface area contributed by atoms with Crippen molar-refractivity contribution in [3.05, 3.63) is 57.6 Å². The molecule has 202 valence electrons. The van der Waals surface area contributed by atoms with Crippen molar-refractivity contribution in [3.8, 4) is 6.07 Å². The van der Waals surface area contributed by atoms with Crippen LogP contribution in [0.3, 0.4) is 0 Å². The summed E-state index contributed by atoms with van der Waals surface area (Å²) in [7, 11) is 2.19. The van der Waals surface area contributed by atoms with Crippen molar-refractivity contribution in [2.45, 2.75) is 43.6 Å². The normalized spacial score (nSPS) is 25.3. The van der Waals surface area contributed by atoms with E-state index in [1.54, 1.807) is 12.1 Å². The molecule has 0 radical (unpaired) electrons. The number of nitrogens with two attached hydrogens (primary N) is 1. The third kappa shape index (κ3) is 5.90. The average molecular weight is 572 g/mol. The molecule has 38 heavy (non-hydrogen) atoms. The lowest BCUT2D eigenvalue weighted by Gasteiger charge is -2.39. The Morgan fingerprint density at radius 3 is 2.71 bits per heavy atom. The highest BCUT2D eigenvalue weighted by atomic mass is 35.5. The van der Waals surface area contributed by atoms with Gasteiger partial charge in [0.25, 0.3) is 0 Å². The van der Waals surface area contributed by atoms with E-state index in [0.717, 1.165) is 70.5 Å². The summed E-state index contributed by atoms with van der Waals surface area (Å²) in [5, 5.41) is 14.4. The number of likely N-dealkylation sites (N-methyl/N-ethyl adjacent to an activating group) is 1. The first-order chi connectivity index (χ1) is 18.3. The number of benzene rings is 2. The number of nitrogens with zero attached hydrogens (tertiary/aromatic N) is 4. The van der Waals surface area contributed by atoms with Crippen LogP contribution in [0, 0.1) is 17.2 Å². The molecule has 6 nitrogen and oxygen atoms in total. The Morgan fingerprint density at radius 2 is 1.97 bits per heavy atom. The molecule has 3 atom stereocenters. The molecule has 2 aromatic rings. The summed E-state index contributed by atoms with van der Waals surface area (Å²) in [5.41, 5.74) is 9.76. The lowest BCUT2D eigenvalue weighted by Crippen LogP contribution is -2.48. The van der Waals surface area contributed by atoms with E-state index in [1.807, 2.05) is 12.1 Å². The van der Waals surface area contributed by atoms with Crippen LogP contribution < -0.4 is 11.1 Å². The first kappa shape index (κ1) is 27.5. The third-order valence-electron chi connectivity index (χ3n) is 8.78. The van der Waals surface area contributed by atoms with E-state index in [0.29, 0.717) is 38.5 Å². The lowest BCUT2D eigenvalue weighted by molar-refractivity contribution is 0.145. The van der Waals surface area contributed by atoms with Crippen LogP contribution in [0.15, 0.2) is 36.4 Å². The summed E-state index contributed by atoms with van der Waals surface area (Å²) in [6.07, 6.45) is 5.53. The molecular weight excluding hydrogens is 535 g/mol. The zero-order valence-electron chi connectivity index (χ0n) is 21.9. The Kier molecular flexibility index (Phi) is 8.37. The van der Waals surface area contributed by atoms with E-state index < -0.39 is 0 Å². The second kappa shape index (κ2) is 11.6. The minimum atomic E-state index is 0.220. The number of rotatable bonds is 7. The van der Waals surface area contributed by atoms with E-state index in [4.69, 9.17) is 41.2 Å². The first-order valence-electron chi connectivity index (χ1n) is 13.5. The highest BCUT2D eigenvalue weighted by Gasteiger charge is 2.58. The number of fused-ring (bicyclic) bond motifs is 1. The van der Waals surface area contributed by atoms with Gasteiger partial charge in [0.2, 0.25) is 0 Å².